The molecule has 2 heterocycles. The number of imidazole rings is 1. The van der Waals surface area contributed by atoms with Crippen molar-refractivity contribution in [3.8, 4) is 0 Å². The van der Waals surface area contributed by atoms with E-state index in [1.165, 1.54) is 0 Å². The minimum atomic E-state index is -0.423. The first kappa shape index (κ1) is 12.8. The first-order valence-corrected chi connectivity index (χ1v) is 6.08. The van der Waals surface area contributed by atoms with Crippen LogP contribution in [0.3, 0.4) is 0 Å². The molecule has 2 N–H and O–H groups in total. The number of nitrogens with two attached hydrogens (primary N) is 1. The number of hydrogen-bond acceptors (Lipinski definition) is 5. The lowest BCUT2D eigenvalue weighted by Crippen LogP contribution is -2.47. The Labute approximate surface area is 106 Å². The first-order chi connectivity index (χ1) is 8.40. The van der Waals surface area contributed by atoms with Crippen LogP contribution >= 0.6 is 0 Å². The van der Waals surface area contributed by atoms with Gasteiger partial charge in [-0.3, -0.25) is 4.57 Å². The van der Waals surface area contributed by atoms with Crippen LogP contribution in [0.2, 0.25) is 0 Å². The van der Waals surface area contributed by atoms with Crippen LogP contribution in [0.1, 0.15) is 19.2 Å². The quantitative estimate of drug-likeness (QED) is 0.622. The zero-order chi connectivity index (χ0) is 13.4. The highest BCUT2D eigenvalue weighted by Crippen LogP contribution is 2.31. The van der Waals surface area contributed by atoms with Crippen LogP contribution in [0.4, 0.5) is 11.6 Å². The second kappa shape index (κ2) is 4.56. The summed E-state index contributed by atoms with van der Waals surface area (Å²) < 4.78 is 1.77. The molecule has 0 aliphatic carbocycles. The van der Waals surface area contributed by atoms with Gasteiger partial charge in [-0.15, -0.1) is 0 Å². The number of hydrogen-bond donors (Lipinski definition) is 1. The van der Waals surface area contributed by atoms with Gasteiger partial charge in [-0.2, -0.15) is 0 Å². The summed E-state index contributed by atoms with van der Waals surface area (Å²) in [6.07, 6.45) is 0.959. The van der Waals surface area contributed by atoms with Crippen molar-refractivity contribution < 1.29 is 4.92 Å². The number of aryl methyl sites for hydroxylation is 1. The molecule has 0 bridgehead atoms. The van der Waals surface area contributed by atoms with E-state index in [0.717, 1.165) is 13.0 Å². The van der Waals surface area contributed by atoms with Gasteiger partial charge in [0.25, 0.3) is 0 Å². The van der Waals surface area contributed by atoms with Crippen molar-refractivity contribution in [1.29, 1.82) is 0 Å². The third-order valence-corrected chi connectivity index (χ3v) is 3.44. The zero-order valence-corrected chi connectivity index (χ0v) is 11.0. The molecule has 7 heteroatoms. The maximum Gasteiger partial charge on any atom is 0.406 e. The Morgan fingerprint density at radius 1 is 1.50 bits per heavy atom. The van der Waals surface area contributed by atoms with Crippen LogP contribution in [0.25, 0.3) is 0 Å². The van der Waals surface area contributed by atoms with Gasteiger partial charge in [-0.1, -0.05) is 6.92 Å². The highest BCUT2D eigenvalue weighted by Gasteiger charge is 2.32. The van der Waals surface area contributed by atoms with Crippen molar-refractivity contribution in [2.45, 2.75) is 26.3 Å². The first-order valence-electron chi connectivity index (χ1n) is 6.08. The average Bonchev–Trinajstić information content (AvgIpc) is 2.54. The van der Waals surface area contributed by atoms with Crippen molar-refractivity contribution in [2.75, 3.05) is 18.0 Å². The summed E-state index contributed by atoms with van der Waals surface area (Å²) in [7, 11) is 1.80. The molecule has 0 saturated carbocycles. The van der Waals surface area contributed by atoms with E-state index in [1.807, 2.05) is 4.90 Å². The number of aromatic nitrogens is 2. The van der Waals surface area contributed by atoms with Gasteiger partial charge in [0.05, 0.1) is 0 Å². The van der Waals surface area contributed by atoms with Crippen LogP contribution in [-0.4, -0.2) is 33.6 Å². The SMILES string of the molecule is Cc1nc([N+](=O)[O-])c(N2CC(C)CC(N)C2)n1C. The molecule has 2 unspecified atom stereocenters. The van der Waals surface area contributed by atoms with Crippen LogP contribution < -0.4 is 10.6 Å². The van der Waals surface area contributed by atoms with E-state index >= 15 is 0 Å². The van der Waals surface area contributed by atoms with Gasteiger partial charge in [0.1, 0.15) is 0 Å². The number of nitrogens with zero attached hydrogens (tertiary/aromatic N) is 4. The Bertz CT molecular complexity index is 460. The molecule has 1 aliphatic rings. The maximum atomic E-state index is 11.1. The second-order valence-corrected chi connectivity index (χ2v) is 5.13. The van der Waals surface area contributed by atoms with Gasteiger partial charge < -0.3 is 20.7 Å². The van der Waals surface area contributed by atoms with Gasteiger partial charge >= 0.3 is 5.82 Å². The largest absolute Gasteiger partial charge is 0.406 e. The molecule has 18 heavy (non-hydrogen) atoms. The van der Waals surface area contributed by atoms with Crippen LogP contribution in [0, 0.1) is 23.0 Å². The van der Waals surface area contributed by atoms with Gasteiger partial charge in [0.2, 0.25) is 11.6 Å². The summed E-state index contributed by atoms with van der Waals surface area (Å²) in [6, 6.07) is 0.0589. The van der Waals surface area contributed by atoms with Crippen LogP contribution in [-0.2, 0) is 7.05 Å². The number of rotatable bonds is 2. The molecular weight excluding hydrogens is 234 g/mol. The topological polar surface area (TPSA) is 90.2 Å². The highest BCUT2D eigenvalue weighted by atomic mass is 16.6. The van der Waals surface area contributed by atoms with Crippen molar-refractivity contribution in [1.82, 2.24) is 9.55 Å². The Balaban J connectivity index is 2.40. The number of anilines is 1. The Morgan fingerprint density at radius 2 is 2.17 bits per heavy atom. The van der Waals surface area contributed by atoms with E-state index in [4.69, 9.17) is 5.73 Å². The van der Waals surface area contributed by atoms with Crippen molar-refractivity contribution in [3.05, 3.63) is 15.9 Å². The molecule has 2 atom stereocenters. The molecule has 0 amide bonds. The van der Waals surface area contributed by atoms with Crippen molar-refractivity contribution in [3.63, 3.8) is 0 Å². The fraction of sp³-hybridized carbons (Fsp3) is 0.727. The van der Waals surface area contributed by atoms with Crippen molar-refractivity contribution in [2.24, 2.45) is 18.7 Å². The summed E-state index contributed by atoms with van der Waals surface area (Å²) in [4.78, 5) is 16.6. The third-order valence-electron chi connectivity index (χ3n) is 3.44. The maximum absolute atomic E-state index is 11.1. The molecule has 1 fully saturated rings. The summed E-state index contributed by atoms with van der Waals surface area (Å²) in [5.74, 6) is 1.57. The predicted molar refractivity (Wildman–Crippen MR) is 68.6 cm³/mol. The minimum Gasteiger partial charge on any atom is -0.358 e. The van der Waals surface area contributed by atoms with Gasteiger partial charge in [0, 0.05) is 33.1 Å². The minimum absolute atomic E-state index is 0.0589. The monoisotopic (exact) mass is 253 g/mol. The van der Waals surface area contributed by atoms with E-state index in [2.05, 4.69) is 11.9 Å². The van der Waals surface area contributed by atoms with Crippen LogP contribution in [0.15, 0.2) is 0 Å². The van der Waals surface area contributed by atoms with Gasteiger partial charge in [-0.05, 0) is 22.2 Å². The molecule has 0 spiro atoms. The molecular formula is C11H19N5O2. The molecule has 1 aromatic rings. The Hall–Kier alpha value is -1.63. The molecule has 1 saturated heterocycles. The fourth-order valence-electron chi connectivity index (χ4n) is 2.63. The van der Waals surface area contributed by atoms with E-state index < -0.39 is 4.92 Å². The van der Waals surface area contributed by atoms with E-state index in [1.54, 1.807) is 18.5 Å². The lowest BCUT2D eigenvalue weighted by Gasteiger charge is -2.35. The summed E-state index contributed by atoms with van der Waals surface area (Å²) >= 11 is 0. The predicted octanol–water partition coefficient (Wildman–Crippen LogP) is 0.810. The molecule has 7 nitrogen and oxygen atoms in total. The molecule has 0 radical (unpaired) electrons. The molecule has 0 aromatic carbocycles. The number of piperidine rings is 1. The summed E-state index contributed by atoms with van der Waals surface area (Å²) in [5, 5.41) is 11.1. The average molecular weight is 253 g/mol. The molecule has 1 aliphatic heterocycles. The third kappa shape index (κ3) is 2.17. The van der Waals surface area contributed by atoms with Gasteiger partial charge in [0.15, 0.2) is 0 Å². The molecule has 100 valence electrons. The lowest BCUT2D eigenvalue weighted by molar-refractivity contribution is -0.388. The Kier molecular flexibility index (Phi) is 3.25. The number of nitro groups is 1. The van der Waals surface area contributed by atoms with E-state index in [9.17, 15) is 10.1 Å². The smallest absolute Gasteiger partial charge is 0.358 e. The fourth-order valence-corrected chi connectivity index (χ4v) is 2.63. The lowest BCUT2D eigenvalue weighted by atomic mass is 9.97. The normalized spacial score (nSPS) is 24.3. The van der Waals surface area contributed by atoms with E-state index in [0.29, 0.717) is 24.1 Å². The molecule has 2 rings (SSSR count). The van der Waals surface area contributed by atoms with Crippen LogP contribution in [0.5, 0.6) is 0 Å². The second-order valence-electron chi connectivity index (χ2n) is 5.13. The molecule has 1 aromatic heterocycles. The summed E-state index contributed by atoms with van der Waals surface area (Å²) in [5.41, 5.74) is 5.99. The standard InChI is InChI=1S/C11H19N5O2/c1-7-4-9(12)6-15(5-7)11-10(16(17)18)13-8(2)14(11)3/h7,9H,4-6,12H2,1-3H3. The summed E-state index contributed by atoms with van der Waals surface area (Å²) in [6.45, 7) is 5.31. The van der Waals surface area contributed by atoms with E-state index in [-0.39, 0.29) is 11.9 Å². The van der Waals surface area contributed by atoms with Crippen molar-refractivity contribution >= 4 is 11.6 Å². The zero-order valence-electron chi connectivity index (χ0n) is 11.0. The Morgan fingerprint density at radius 3 is 2.72 bits per heavy atom. The highest BCUT2D eigenvalue weighted by molar-refractivity contribution is 5.56. The van der Waals surface area contributed by atoms with Gasteiger partial charge in [-0.25, -0.2) is 0 Å².